The summed E-state index contributed by atoms with van der Waals surface area (Å²) in [5.74, 6) is 1.19. The molecule has 0 aliphatic rings. The van der Waals surface area contributed by atoms with Crippen molar-refractivity contribution in [2.24, 2.45) is 0 Å². The molecule has 0 aromatic heterocycles. The van der Waals surface area contributed by atoms with Crippen LogP contribution in [0.15, 0.2) is 42.5 Å². The average molecular weight is 354 g/mol. The Morgan fingerprint density at radius 3 is 1.76 bits per heavy atom. The van der Waals surface area contributed by atoms with E-state index in [1.165, 1.54) is 20.3 Å². The molecule has 0 radical (unpaired) electrons. The average Bonchev–Trinajstić information content (AvgIpc) is 2.53. The largest absolute Gasteiger partial charge is 0.504 e. The van der Waals surface area contributed by atoms with Crippen LogP contribution in [0.25, 0.3) is 0 Å². The molecule has 116 valence electrons. The van der Waals surface area contributed by atoms with Gasteiger partial charge in [-0.15, -0.1) is 0 Å². The van der Waals surface area contributed by atoms with Crippen molar-refractivity contribution in [1.82, 2.24) is 0 Å². The number of hydrogen-bond acceptors (Lipinski definition) is 4. The first kappa shape index (κ1) is 19.5. The van der Waals surface area contributed by atoms with E-state index in [4.69, 9.17) is 31.3 Å². The highest BCUT2D eigenvalue weighted by molar-refractivity contribution is 6.85. The van der Waals surface area contributed by atoms with Crippen LogP contribution in [-0.4, -0.2) is 24.4 Å². The number of phenolic OH excluding ortho intramolecular Hbond substituents is 2. The summed E-state index contributed by atoms with van der Waals surface area (Å²) in [7, 11) is 11.2. The van der Waals surface area contributed by atoms with E-state index in [0.717, 1.165) is 0 Å². The van der Waals surface area contributed by atoms with Crippen molar-refractivity contribution < 1.29 is 19.7 Å². The fraction of sp³-hybridized carbons (Fsp3) is 0.143. The van der Waals surface area contributed by atoms with E-state index in [-0.39, 0.29) is 11.5 Å². The second-order valence-electron chi connectivity index (χ2n) is 3.49. The molecule has 4 nitrogen and oxygen atoms in total. The molecule has 0 heterocycles. The molecule has 2 N–H and O–H groups in total. The standard InChI is InChI=1S/C7H7ClO2.C7H8O2.Cl2/c1-10-7-4-5(8)2-3-6(7)9;1-9-7-5-3-2-4-6(7)8;1-2/h2-4,9H,1H3;2-5,8H,1H3;. The third kappa shape index (κ3) is 7.18. The lowest BCUT2D eigenvalue weighted by Crippen LogP contribution is -1.81. The number of phenols is 2. The van der Waals surface area contributed by atoms with Crippen LogP contribution in [0.4, 0.5) is 0 Å². The van der Waals surface area contributed by atoms with Gasteiger partial charge in [-0.2, -0.15) is 0 Å². The summed E-state index contributed by atoms with van der Waals surface area (Å²) in [5, 5.41) is 18.6. The van der Waals surface area contributed by atoms with Gasteiger partial charge in [0.15, 0.2) is 23.0 Å². The van der Waals surface area contributed by atoms with Crippen molar-refractivity contribution in [3.05, 3.63) is 47.5 Å². The van der Waals surface area contributed by atoms with Crippen LogP contribution in [0.1, 0.15) is 0 Å². The van der Waals surface area contributed by atoms with E-state index in [1.807, 2.05) is 0 Å². The maximum atomic E-state index is 9.05. The van der Waals surface area contributed by atoms with Gasteiger partial charge in [-0.3, -0.25) is 0 Å². The monoisotopic (exact) mass is 352 g/mol. The number of methoxy groups -OCH3 is 2. The van der Waals surface area contributed by atoms with Crippen LogP contribution in [0.5, 0.6) is 23.0 Å². The Morgan fingerprint density at radius 1 is 0.810 bits per heavy atom. The fourth-order valence-electron chi connectivity index (χ4n) is 1.28. The summed E-state index contributed by atoms with van der Waals surface area (Å²) < 4.78 is 9.59. The topological polar surface area (TPSA) is 58.9 Å². The van der Waals surface area contributed by atoms with E-state index in [9.17, 15) is 0 Å². The number of rotatable bonds is 2. The number of aromatic hydroxyl groups is 2. The van der Waals surface area contributed by atoms with Gasteiger partial charge in [0.1, 0.15) is 0 Å². The molecule has 2 aromatic rings. The Labute approximate surface area is 138 Å². The zero-order chi connectivity index (χ0) is 16.3. The second kappa shape index (κ2) is 11.2. The van der Waals surface area contributed by atoms with Crippen molar-refractivity contribution >= 4 is 33.3 Å². The fourth-order valence-corrected chi connectivity index (χ4v) is 1.44. The van der Waals surface area contributed by atoms with Crippen molar-refractivity contribution in [3.63, 3.8) is 0 Å². The Hall–Kier alpha value is -1.49. The number of ether oxygens (including phenoxy) is 2. The smallest absolute Gasteiger partial charge is 0.161 e. The molecule has 0 fully saturated rings. The molecule has 0 unspecified atom stereocenters. The molecule has 0 aliphatic heterocycles. The van der Waals surface area contributed by atoms with Crippen molar-refractivity contribution in [2.75, 3.05) is 14.2 Å². The highest BCUT2D eigenvalue weighted by Crippen LogP contribution is 2.28. The highest BCUT2D eigenvalue weighted by atomic mass is 36.5. The zero-order valence-electron chi connectivity index (χ0n) is 11.4. The summed E-state index contributed by atoms with van der Waals surface area (Å²) in [6.07, 6.45) is 0. The lowest BCUT2D eigenvalue weighted by Gasteiger charge is -2.01. The minimum absolute atomic E-state index is 0.104. The van der Waals surface area contributed by atoms with Crippen LogP contribution in [0, 0.1) is 0 Å². The van der Waals surface area contributed by atoms with E-state index >= 15 is 0 Å². The molecule has 0 aliphatic carbocycles. The van der Waals surface area contributed by atoms with Crippen molar-refractivity contribution in [3.8, 4) is 23.0 Å². The lowest BCUT2D eigenvalue weighted by atomic mass is 10.3. The van der Waals surface area contributed by atoms with Gasteiger partial charge in [-0.1, -0.05) is 23.7 Å². The van der Waals surface area contributed by atoms with Gasteiger partial charge in [0, 0.05) is 32.8 Å². The van der Waals surface area contributed by atoms with Crippen LogP contribution >= 0.6 is 33.3 Å². The predicted molar refractivity (Wildman–Crippen MR) is 86.0 cm³/mol. The summed E-state index contributed by atoms with van der Waals surface area (Å²) in [6, 6.07) is 11.5. The van der Waals surface area contributed by atoms with Gasteiger partial charge < -0.3 is 19.7 Å². The van der Waals surface area contributed by atoms with Crippen LogP contribution in [0.3, 0.4) is 0 Å². The molecule has 0 bridgehead atoms. The summed E-state index contributed by atoms with van der Waals surface area (Å²) >= 11 is 5.60. The minimum atomic E-state index is 0.104. The lowest BCUT2D eigenvalue weighted by molar-refractivity contribution is 0.373. The molecule has 0 spiro atoms. The summed E-state index contributed by atoms with van der Waals surface area (Å²) in [5.41, 5.74) is 0. The summed E-state index contributed by atoms with van der Waals surface area (Å²) in [4.78, 5) is 0. The first-order valence-corrected chi connectivity index (χ1v) is 7.09. The molecule has 2 rings (SSSR count). The predicted octanol–water partition coefficient (Wildman–Crippen LogP) is 4.83. The first-order valence-electron chi connectivity index (χ1n) is 5.57. The van der Waals surface area contributed by atoms with Crippen LogP contribution < -0.4 is 9.47 Å². The number of hydrogen-bond donors (Lipinski definition) is 2. The zero-order valence-corrected chi connectivity index (χ0v) is 13.7. The van der Waals surface area contributed by atoms with Crippen molar-refractivity contribution in [1.29, 1.82) is 0 Å². The Balaban J connectivity index is 0.000000342. The molecule has 21 heavy (non-hydrogen) atoms. The van der Waals surface area contributed by atoms with Crippen molar-refractivity contribution in [2.45, 2.75) is 0 Å². The first-order chi connectivity index (χ1) is 10.1. The van der Waals surface area contributed by atoms with Gasteiger partial charge >= 0.3 is 0 Å². The number of benzene rings is 2. The molecule has 0 atom stereocenters. The van der Waals surface area contributed by atoms with Crippen LogP contribution in [-0.2, 0) is 0 Å². The van der Waals surface area contributed by atoms with Gasteiger partial charge in [0.2, 0.25) is 0 Å². The number of halogens is 3. The van der Waals surface area contributed by atoms with E-state index in [1.54, 1.807) is 36.4 Å². The van der Waals surface area contributed by atoms with E-state index < -0.39 is 0 Å². The quantitative estimate of drug-likeness (QED) is 0.811. The molecule has 0 amide bonds. The maximum Gasteiger partial charge on any atom is 0.161 e. The minimum Gasteiger partial charge on any atom is -0.504 e. The molecule has 0 saturated carbocycles. The molecule has 2 aromatic carbocycles. The Kier molecular flexibility index (Phi) is 10.4. The molecular formula is C14H15Cl3O4. The van der Waals surface area contributed by atoms with Gasteiger partial charge in [0.05, 0.1) is 14.2 Å². The SMILES string of the molecule is COc1cc(Cl)ccc1O.COc1ccccc1O.ClCl. The van der Waals surface area contributed by atoms with E-state index in [0.29, 0.717) is 16.5 Å². The van der Waals surface area contributed by atoms with Gasteiger partial charge in [-0.05, 0) is 24.3 Å². The molecule has 7 heteroatoms. The van der Waals surface area contributed by atoms with Gasteiger partial charge in [0.25, 0.3) is 0 Å². The van der Waals surface area contributed by atoms with E-state index in [2.05, 4.69) is 21.7 Å². The Morgan fingerprint density at radius 2 is 1.33 bits per heavy atom. The highest BCUT2D eigenvalue weighted by Gasteiger charge is 1.99. The second-order valence-corrected chi connectivity index (χ2v) is 3.92. The summed E-state index contributed by atoms with van der Waals surface area (Å²) in [6.45, 7) is 0. The normalized spacial score (nSPS) is 8.62. The maximum absolute atomic E-state index is 9.05. The molecular weight excluding hydrogens is 339 g/mol. The Bertz CT molecular complexity index is 535. The third-order valence-corrected chi connectivity index (χ3v) is 2.46. The third-order valence-electron chi connectivity index (χ3n) is 2.23. The molecule has 0 saturated heterocycles. The number of para-hydroxylation sites is 2. The van der Waals surface area contributed by atoms with Gasteiger partial charge in [-0.25, -0.2) is 0 Å². The van der Waals surface area contributed by atoms with Crippen LogP contribution in [0.2, 0.25) is 5.02 Å².